The van der Waals surface area contributed by atoms with Crippen molar-refractivity contribution < 1.29 is 27.4 Å². The Morgan fingerprint density at radius 3 is 2.75 bits per heavy atom. The summed E-state index contributed by atoms with van der Waals surface area (Å²) in [4.78, 5) is 12.1. The first kappa shape index (κ1) is 16.5. The lowest BCUT2D eigenvalue weighted by atomic mass is 10.0. The lowest BCUT2D eigenvalue weighted by molar-refractivity contribution is -0.137. The third kappa shape index (κ3) is 3.28. The van der Waals surface area contributed by atoms with Gasteiger partial charge in [0.15, 0.2) is 0 Å². The highest BCUT2D eigenvalue weighted by Crippen LogP contribution is 2.36. The number of hydrogen-bond donors (Lipinski definition) is 1. The van der Waals surface area contributed by atoms with Gasteiger partial charge in [-0.3, -0.25) is 5.10 Å². The second kappa shape index (κ2) is 6.27. The summed E-state index contributed by atoms with van der Waals surface area (Å²) in [6.45, 7) is 2.71. The van der Waals surface area contributed by atoms with Crippen molar-refractivity contribution >= 4 is 5.97 Å². The molecule has 0 bridgehead atoms. The second-order valence-electron chi connectivity index (χ2n) is 5.67. The molecule has 1 saturated heterocycles. The Morgan fingerprint density at radius 1 is 1.33 bits per heavy atom. The molecule has 2 aromatic rings. The summed E-state index contributed by atoms with van der Waals surface area (Å²) >= 11 is 0. The highest BCUT2D eigenvalue weighted by molar-refractivity contribution is 5.89. The van der Waals surface area contributed by atoms with Crippen LogP contribution < -0.4 is 0 Å². The molecular formula is C16H15F3N2O3. The van der Waals surface area contributed by atoms with Gasteiger partial charge in [0, 0.05) is 11.5 Å². The number of nitrogens with one attached hydrogen (secondary N) is 1. The number of halogens is 3. The molecule has 24 heavy (non-hydrogen) atoms. The summed E-state index contributed by atoms with van der Waals surface area (Å²) in [5, 5.41) is 6.26. The van der Waals surface area contributed by atoms with Gasteiger partial charge in [-0.1, -0.05) is 25.1 Å². The molecule has 0 aliphatic carbocycles. The van der Waals surface area contributed by atoms with Crippen LogP contribution in [0.4, 0.5) is 13.2 Å². The molecule has 1 aromatic heterocycles. The molecule has 5 nitrogen and oxygen atoms in total. The van der Waals surface area contributed by atoms with Crippen LogP contribution in [-0.4, -0.2) is 35.5 Å². The minimum Gasteiger partial charge on any atom is -0.455 e. The number of nitrogens with zero attached hydrogens (tertiary/aromatic N) is 1. The predicted molar refractivity (Wildman–Crippen MR) is 78.2 cm³/mol. The predicted octanol–water partition coefficient (Wildman–Crippen LogP) is 3.29. The van der Waals surface area contributed by atoms with Crippen LogP contribution in [0.5, 0.6) is 0 Å². The van der Waals surface area contributed by atoms with Crippen molar-refractivity contribution in [1.82, 2.24) is 10.2 Å². The van der Waals surface area contributed by atoms with Crippen molar-refractivity contribution in [3.8, 4) is 11.3 Å². The van der Waals surface area contributed by atoms with Crippen LogP contribution in [0.2, 0.25) is 0 Å². The van der Waals surface area contributed by atoms with Gasteiger partial charge in [-0.15, -0.1) is 0 Å². The van der Waals surface area contributed by atoms with Gasteiger partial charge < -0.3 is 9.47 Å². The summed E-state index contributed by atoms with van der Waals surface area (Å²) in [6.07, 6.45) is -4.88. The van der Waals surface area contributed by atoms with Gasteiger partial charge in [0.1, 0.15) is 11.8 Å². The maximum atomic E-state index is 13.1. The van der Waals surface area contributed by atoms with E-state index in [0.29, 0.717) is 13.2 Å². The minimum absolute atomic E-state index is 0.000998. The summed E-state index contributed by atoms with van der Waals surface area (Å²) in [5.41, 5.74) is -0.876. The van der Waals surface area contributed by atoms with Gasteiger partial charge in [0.25, 0.3) is 0 Å². The Bertz CT molecular complexity index is 742. The van der Waals surface area contributed by atoms with Crippen molar-refractivity contribution in [3.05, 3.63) is 41.6 Å². The molecule has 8 heteroatoms. The average molecular weight is 340 g/mol. The summed E-state index contributed by atoms with van der Waals surface area (Å²) in [5.74, 6) is -0.595. The number of carbonyl (C=O) groups is 1. The fraction of sp³-hybridized carbons (Fsp3) is 0.375. The lowest BCUT2D eigenvalue weighted by Crippen LogP contribution is -2.24. The second-order valence-corrected chi connectivity index (χ2v) is 5.67. The quantitative estimate of drug-likeness (QED) is 0.871. The fourth-order valence-electron chi connectivity index (χ4n) is 2.51. The standard InChI is InChI=1S/C16H15F3N2O3/c1-9-7-23-8-14(9)24-15(22)13-6-12(20-21-13)10-4-2-3-5-11(10)16(17,18)19/h2-6,9,14H,7-8H2,1H3,(H,20,21)/t9-,14-/m1/s1. The number of esters is 1. The van der Waals surface area contributed by atoms with E-state index >= 15 is 0 Å². The molecule has 3 rings (SSSR count). The Morgan fingerprint density at radius 2 is 2.08 bits per heavy atom. The Labute approximate surface area is 135 Å². The van der Waals surface area contributed by atoms with Crippen molar-refractivity contribution in [2.45, 2.75) is 19.2 Å². The highest BCUT2D eigenvalue weighted by atomic mass is 19.4. The van der Waals surface area contributed by atoms with Gasteiger partial charge in [0.05, 0.1) is 24.5 Å². The van der Waals surface area contributed by atoms with E-state index in [1.807, 2.05) is 6.92 Å². The number of hydrogen-bond acceptors (Lipinski definition) is 4. The average Bonchev–Trinajstić information content (AvgIpc) is 3.16. The number of rotatable bonds is 3. The smallest absolute Gasteiger partial charge is 0.417 e. The number of ether oxygens (including phenoxy) is 2. The van der Waals surface area contributed by atoms with Crippen LogP contribution in [0.1, 0.15) is 23.0 Å². The maximum absolute atomic E-state index is 13.1. The van der Waals surface area contributed by atoms with Crippen molar-refractivity contribution in [3.63, 3.8) is 0 Å². The number of H-pyrrole nitrogens is 1. The fourth-order valence-corrected chi connectivity index (χ4v) is 2.51. The third-order valence-corrected chi connectivity index (χ3v) is 3.86. The molecule has 0 saturated carbocycles. The Balaban J connectivity index is 1.82. The van der Waals surface area contributed by atoms with E-state index in [1.165, 1.54) is 24.3 Å². The molecule has 0 spiro atoms. The monoisotopic (exact) mass is 340 g/mol. The van der Waals surface area contributed by atoms with E-state index < -0.39 is 17.7 Å². The zero-order valence-corrected chi connectivity index (χ0v) is 12.8. The van der Waals surface area contributed by atoms with E-state index in [0.717, 1.165) is 6.07 Å². The van der Waals surface area contributed by atoms with Gasteiger partial charge in [-0.2, -0.15) is 18.3 Å². The van der Waals surface area contributed by atoms with Crippen LogP contribution in [-0.2, 0) is 15.7 Å². The highest BCUT2D eigenvalue weighted by Gasteiger charge is 2.34. The number of alkyl halides is 3. The molecule has 1 fully saturated rings. The maximum Gasteiger partial charge on any atom is 0.417 e. The number of benzene rings is 1. The van der Waals surface area contributed by atoms with Crippen molar-refractivity contribution in [2.24, 2.45) is 5.92 Å². The van der Waals surface area contributed by atoms with Crippen LogP contribution in [0.25, 0.3) is 11.3 Å². The van der Waals surface area contributed by atoms with E-state index in [4.69, 9.17) is 9.47 Å². The van der Waals surface area contributed by atoms with Crippen LogP contribution in [0.3, 0.4) is 0 Å². The topological polar surface area (TPSA) is 64.2 Å². The van der Waals surface area contributed by atoms with Gasteiger partial charge in [-0.05, 0) is 12.1 Å². The molecule has 1 N–H and O–H groups in total. The van der Waals surface area contributed by atoms with Crippen molar-refractivity contribution in [2.75, 3.05) is 13.2 Å². The zero-order chi connectivity index (χ0) is 17.3. The lowest BCUT2D eigenvalue weighted by Gasteiger charge is -2.13. The Hall–Kier alpha value is -2.35. The van der Waals surface area contributed by atoms with Crippen LogP contribution in [0, 0.1) is 5.92 Å². The van der Waals surface area contributed by atoms with Crippen LogP contribution in [0.15, 0.2) is 30.3 Å². The van der Waals surface area contributed by atoms with Gasteiger partial charge in [-0.25, -0.2) is 4.79 Å². The largest absolute Gasteiger partial charge is 0.455 e. The molecule has 0 radical (unpaired) electrons. The summed E-state index contributed by atoms with van der Waals surface area (Å²) in [6, 6.07) is 6.32. The first-order chi connectivity index (χ1) is 11.4. The molecule has 2 heterocycles. The normalized spacial score (nSPS) is 21.0. The van der Waals surface area contributed by atoms with E-state index in [2.05, 4.69) is 10.2 Å². The molecule has 1 aliphatic rings. The van der Waals surface area contributed by atoms with Gasteiger partial charge >= 0.3 is 12.1 Å². The molecule has 0 unspecified atom stereocenters. The van der Waals surface area contributed by atoms with E-state index in [1.54, 1.807) is 0 Å². The molecule has 128 valence electrons. The number of aromatic amines is 1. The third-order valence-electron chi connectivity index (χ3n) is 3.86. The molecule has 1 aromatic carbocycles. The number of aromatic nitrogens is 2. The van der Waals surface area contributed by atoms with Crippen LogP contribution >= 0.6 is 0 Å². The van der Waals surface area contributed by atoms with E-state index in [-0.39, 0.29) is 29.0 Å². The molecule has 2 atom stereocenters. The summed E-state index contributed by atoms with van der Waals surface area (Å²) in [7, 11) is 0. The SMILES string of the molecule is C[C@@H]1COC[C@H]1OC(=O)c1cc(-c2ccccc2C(F)(F)F)n[nH]1. The summed E-state index contributed by atoms with van der Waals surface area (Å²) < 4.78 is 49.7. The zero-order valence-electron chi connectivity index (χ0n) is 12.8. The first-order valence-electron chi connectivity index (χ1n) is 7.37. The first-order valence-corrected chi connectivity index (χ1v) is 7.37. The van der Waals surface area contributed by atoms with Crippen molar-refractivity contribution in [1.29, 1.82) is 0 Å². The number of carbonyl (C=O) groups excluding carboxylic acids is 1. The Kier molecular flexibility index (Phi) is 4.31. The molecular weight excluding hydrogens is 325 g/mol. The minimum atomic E-state index is -4.51. The molecule has 1 aliphatic heterocycles. The van der Waals surface area contributed by atoms with E-state index in [9.17, 15) is 18.0 Å². The van der Waals surface area contributed by atoms with Gasteiger partial charge in [0.2, 0.25) is 0 Å². The molecule has 0 amide bonds.